The van der Waals surface area contributed by atoms with Gasteiger partial charge in [0.15, 0.2) is 5.82 Å². The topological polar surface area (TPSA) is 89.0 Å². The van der Waals surface area contributed by atoms with Gasteiger partial charge in [0, 0.05) is 41.1 Å². The molecule has 0 bridgehead atoms. The molecule has 3 heterocycles. The number of pyridine rings is 1. The molecule has 7 nitrogen and oxygen atoms in total. The van der Waals surface area contributed by atoms with E-state index in [1.807, 2.05) is 37.3 Å². The third-order valence-corrected chi connectivity index (χ3v) is 6.99. The van der Waals surface area contributed by atoms with Crippen molar-refractivity contribution >= 4 is 16.8 Å². The highest BCUT2D eigenvalue weighted by Gasteiger charge is 2.47. The van der Waals surface area contributed by atoms with Crippen LogP contribution in [0.25, 0.3) is 22.3 Å². The molecule has 0 unspecified atom stereocenters. The van der Waals surface area contributed by atoms with E-state index in [4.69, 9.17) is 4.74 Å². The molecule has 2 aromatic heterocycles. The second kappa shape index (κ2) is 8.74. The van der Waals surface area contributed by atoms with Crippen molar-refractivity contribution in [2.75, 3.05) is 13.2 Å². The maximum Gasteiger partial charge on any atom is 0.252 e. The molecule has 1 saturated carbocycles. The average molecular weight is 466 g/mol. The smallest absolute Gasteiger partial charge is 0.252 e. The molecular weight excluding hydrogens is 438 g/mol. The van der Waals surface area contributed by atoms with Gasteiger partial charge in [0.1, 0.15) is 12.4 Å². The van der Waals surface area contributed by atoms with Crippen LogP contribution in [-0.2, 0) is 5.54 Å². The van der Waals surface area contributed by atoms with Crippen LogP contribution in [-0.4, -0.2) is 40.1 Å². The number of aromatic nitrogens is 3. The second-order valence-corrected chi connectivity index (χ2v) is 9.43. The zero-order valence-corrected chi connectivity index (χ0v) is 19.6. The van der Waals surface area contributed by atoms with Crippen molar-refractivity contribution in [2.24, 2.45) is 0 Å². The first kappa shape index (κ1) is 21.7. The van der Waals surface area contributed by atoms with Crippen LogP contribution >= 0.6 is 0 Å². The predicted octanol–water partition coefficient (Wildman–Crippen LogP) is 4.16. The molecule has 2 N–H and O–H groups in total. The number of amides is 1. The number of carbonyl (C=O) groups is 1. The number of rotatable bonds is 7. The third kappa shape index (κ3) is 4.23. The Kier molecular flexibility index (Phi) is 5.41. The Morgan fingerprint density at radius 3 is 2.63 bits per heavy atom. The van der Waals surface area contributed by atoms with Crippen LogP contribution in [0.4, 0.5) is 0 Å². The summed E-state index contributed by atoms with van der Waals surface area (Å²) in [7, 11) is 0. The van der Waals surface area contributed by atoms with Gasteiger partial charge in [0.05, 0.1) is 11.1 Å². The highest BCUT2D eigenvalue weighted by molar-refractivity contribution is 5.98. The van der Waals surface area contributed by atoms with Crippen LogP contribution in [0.2, 0.25) is 0 Å². The number of hydrogen-bond donors (Lipinski definition) is 2. The molecule has 1 saturated heterocycles. The summed E-state index contributed by atoms with van der Waals surface area (Å²) in [5.41, 5.74) is 3.93. The molecule has 176 valence electrons. The summed E-state index contributed by atoms with van der Waals surface area (Å²) in [5, 5.41) is 7.72. The van der Waals surface area contributed by atoms with Crippen molar-refractivity contribution in [3.05, 3.63) is 83.8 Å². The van der Waals surface area contributed by atoms with Gasteiger partial charge in [0.2, 0.25) is 0 Å². The maximum atomic E-state index is 13.5. The second-order valence-electron chi connectivity index (χ2n) is 9.43. The summed E-state index contributed by atoms with van der Waals surface area (Å²) < 4.78 is 5.94. The van der Waals surface area contributed by atoms with E-state index in [0.717, 1.165) is 59.2 Å². The number of carbonyl (C=O) groups excluding carboxylic acids is 1. The van der Waals surface area contributed by atoms with E-state index in [-0.39, 0.29) is 5.91 Å². The van der Waals surface area contributed by atoms with Crippen molar-refractivity contribution in [3.63, 3.8) is 0 Å². The van der Waals surface area contributed by atoms with Crippen molar-refractivity contribution < 1.29 is 9.53 Å². The minimum atomic E-state index is -0.442. The summed E-state index contributed by atoms with van der Waals surface area (Å²) in [5.74, 6) is 1.27. The minimum absolute atomic E-state index is 0.0920. The molecule has 1 aliphatic carbocycles. The fourth-order valence-corrected chi connectivity index (χ4v) is 4.65. The Morgan fingerprint density at radius 1 is 1.09 bits per heavy atom. The van der Waals surface area contributed by atoms with Crippen LogP contribution in [0.5, 0.6) is 5.75 Å². The molecule has 0 radical (unpaired) electrons. The first-order chi connectivity index (χ1) is 17.1. The highest BCUT2D eigenvalue weighted by Crippen LogP contribution is 2.49. The lowest BCUT2D eigenvalue weighted by atomic mass is 9.95. The number of nitrogens with zero attached hydrogens (tertiary/aromatic N) is 3. The average Bonchev–Trinajstić information content (AvgIpc) is 3.64. The van der Waals surface area contributed by atoms with Crippen LogP contribution in [0, 0.1) is 6.92 Å². The zero-order valence-electron chi connectivity index (χ0n) is 19.6. The Hall–Kier alpha value is -3.84. The minimum Gasteiger partial charge on any atom is -0.492 e. The van der Waals surface area contributed by atoms with Crippen LogP contribution in [0.15, 0.2) is 67.1 Å². The molecule has 2 aliphatic rings. The van der Waals surface area contributed by atoms with Gasteiger partial charge in [-0.25, -0.2) is 9.97 Å². The van der Waals surface area contributed by atoms with E-state index in [2.05, 4.69) is 37.7 Å². The van der Waals surface area contributed by atoms with Gasteiger partial charge in [-0.15, -0.1) is 0 Å². The molecule has 0 spiro atoms. The van der Waals surface area contributed by atoms with Crippen molar-refractivity contribution in [3.8, 4) is 17.1 Å². The summed E-state index contributed by atoms with van der Waals surface area (Å²) in [4.78, 5) is 27.0. The van der Waals surface area contributed by atoms with Crippen molar-refractivity contribution in [2.45, 2.75) is 37.8 Å². The van der Waals surface area contributed by atoms with Gasteiger partial charge in [-0.05, 0) is 80.3 Å². The van der Waals surface area contributed by atoms with Gasteiger partial charge < -0.3 is 15.4 Å². The molecule has 1 atom stereocenters. The summed E-state index contributed by atoms with van der Waals surface area (Å²) in [6, 6.07) is 16.0. The molecule has 7 heteroatoms. The molecule has 35 heavy (non-hydrogen) atoms. The fraction of sp³-hybridized carbons (Fsp3) is 0.286. The Labute approximate surface area is 204 Å². The maximum absolute atomic E-state index is 13.5. The number of benzene rings is 2. The van der Waals surface area contributed by atoms with E-state index >= 15 is 0 Å². The Morgan fingerprint density at radius 2 is 1.89 bits per heavy atom. The largest absolute Gasteiger partial charge is 0.492 e. The number of nitrogens with one attached hydrogen (secondary N) is 2. The van der Waals surface area contributed by atoms with E-state index in [9.17, 15) is 4.79 Å². The lowest BCUT2D eigenvalue weighted by Gasteiger charge is -2.27. The van der Waals surface area contributed by atoms with E-state index in [1.165, 1.54) is 0 Å². The van der Waals surface area contributed by atoms with Gasteiger partial charge in [-0.2, -0.15) is 0 Å². The van der Waals surface area contributed by atoms with Crippen molar-refractivity contribution in [1.82, 2.24) is 25.6 Å². The SMILES string of the molecule is Cc1ccc(OC[C@@H]2CCN2)cc1C(=O)NC1(c2cc(-c3ncccn3)cc3ncccc23)CC1. The monoisotopic (exact) mass is 465 g/mol. The van der Waals surface area contributed by atoms with Gasteiger partial charge >= 0.3 is 0 Å². The van der Waals surface area contributed by atoms with Gasteiger partial charge in [-0.3, -0.25) is 9.78 Å². The lowest BCUT2D eigenvalue weighted by molar-refractivity contribution is 0.0930. The molecule has 4 aromatic rings. The summed E-state index contributed by atoms with van der Waals surface area (Å²) in [6.07, 6.45) is 8.11. The number of ether oxygens (including phenoxy) is 1. The Bertz CT molecular complexity index is 1400. The predicted molar refractivity (Wildman–Crippen MR) is 134 cm³/mol. The van der Waals surface area contributed by atoms with E-state index in [0.29, 0.717) is 24.0 Å². The summed E-state index contributed by atoms with van der Waals surface area (Å²) >= 11 is 0. The normalized spacial score (nSPS) is 18.0. The van der Waals surface area contributed by atoms with Crippen molar-refractivity contribution in [1.29, 1.82) is 0 Å². The van der Waals surface area contributed by atoms with Gasteiger partial charge in [0.25, 0.3) is 5.91 Å². The zero-order chi connectivity index (χ0) is 23.8. The van der Waals surface area contributed by atoms with Crippen LogP contribution < -0.4 is 15.4 Å². The van der Waals surface area contributed by atoms with Crippen LogP contribution in [0.3, 0.4) is 0 Å². The first-order valence-electron chi connectivity index (χ1n) is 12.1. The standard InChI is InChI=1S/C28H27N5O2/c1-18-5-6-21(35-17-20-7-13-29-20)16-23(18)27(34)33-28(8-9-28)24-14-19(26-31-11-3-12-32-26)15-25-22(24)4-2-10-30-25/h2-6,10-12,14-16,20,29H,7-9,13,17H2,1H3,(H,33,34)/t20-/m0/s1. The first-order valence-corrected chi connectivity index (χ1v) is 12.1. The number of hydrogen-bond acceptors (Lipinski definition) is 6. The molecule has 2 aromatic carbocycles. The van der Waals surface area contributed by atoms with E-state index in [1.54, 1.807) is 24.7 Å². The van der Waals surface area contributed by atoms with E-state index < -0.39 is 5.54 Å². The fourth-order valence-electron chi connectivity index (χ4n) is 4.65. The number of fused-ring (bicyclic) bond motifs is 1. The molecular formula is C28H27N5O2. The quantitative estimate of drug-likeness (QED) is 0.426. The number of aryl methyl sites for hydroxylation is 1. The van der Waals surface area contributed by atoms with Gasteiger partial charge in [-0.1, -0.05) is 12.1 Å². The molecule has 1 amide bonds. The lowest BCUT2D eigenvalue weighted by Crippen LogP contribution is -2.46. The Balaban J connectivity index is 1.32. The highest BCUT2D eigenvalue weighted by atomic mass is 16.5. The molecule has 6 rings (SSSR count). The third-order valence-electron chi connectivity index (χ3n) is 6.99. The van der Waals surface area contributed by atoms with Crippen LogP contribution in [0.1, 0.15) is 40.7 Å². The summed E-state index contributed by atoms with van der Waals surface area (Å²) in [6.45, 7) is 3.61. The molecule has 1 aliphatic heterocycles. The molecule has 2 fully saturated rings.